The van der Waals surface area contributed by atoms with Crippen LogP contribution >= 0.6 is 0 Å². The van der Waals surface area contributed by atoms with Crippen LogP contribution in [0.5, 0.6) is 5.75 Å². The second-order valence-electron chi connectivity index (χ2n) is 10.8. The number of fused-ring (bicyclic) bond motifs is 1. The first kappa shape index (κ1) is 28.0. The van der Waals surface area contributed by atoms with Crippen molar-refractivity contribution in [2.75, 3.05) is 39.5 Å². The predicted octanol–water partition coefficient (Wildman–Crippen LogP) is 3.37. The van der Waals surface area contributed by atoms with Crippen molar-refractivity contribution in [3.05, 3.63) is 92.9 Å². The van der Waals surface area contributed by atoms with Crippen LogP contribution in [0.3, 0.4) is 0 Å². The molecule has 0 saturated carbocycles. The molecule has 9 heteroatoms. The lowest BCUT2D eigenvalue weighted by Crippen LogP contribution is -2.33. The van der Waals surface area contributed by atoms with E-state index in [-0.39, 0.29) is 18.7 Å². The topological polar surface area (TPSA) is 90.5 Å². The molecule has 3 N–H and O–H groups in total. The molecule has 2 saturated heterocycles. The maximum absolute atomic E-state index is 15.3. The Hall–Kier alpha value is -3.58. The number of likely N-dealkylation sites (tertiary alicyclic amines) is 1. The number of aromatic hydroxyl groups is 1. The number of ether oxygens (including phenoxy) is 1. The normalized spacial score (nSPS) is 20.1. The van der Waals surface area contributed by atoms with Gasteiger partial charge in [-0.25, -0.2) is 13.8 Å². The molecule has 0 spiro atoms. The van der Waals surface area contributed by atoms with E-state index in [9.17, 15) is 14.3 Å². The van der Waals surface area contributed by atoms with Gasteiger partial charge in [-0.1, -0.05) is 30.0 Å². The largest absolute Gasteiger partial charge is 0.502 e. The van der Waals surface area contributed by atoms with E-state index in [1.54, 1.807) is 19.1 Å². The Morgan fingerprint density at radius 3 is 2.55 bits per heavy atom. The molecule has 0 bridgehead atoms. The summed E-state index contributed by atoms with van der Waals surface area (Å²) in [7, 11) is 0. The van der Waals surface area contributed by atoms with Gasteiger partial charge in [-0.2, -0.15) is 0 Å². The van der Waals surface area contributed by atoms with Crippen LogP contribution in [0.15, 0.2) is 53.6 Å². The van der Waals surface area contributed by atoms with Gasteiger partial charge in [-0.05, 0) is 42.3 Å². The van der Waals surface area contributed by atoms with Gasteiger partial charge in [0.05, 0.1) is 25.2 Å². The fourth-order valence-corrected chi connectivity index (χ4v) is 5.45. The third kappa shape index (κ3) is 6.76. The highest BCUT2D eigenvalue weighted by Crippen LogP contribution is 2.30. The second kappa shape index (κ2) is 12.7. The molecule has 3 heterocycles. The number of hydrogen-bond donors (Lipinski definition) is 3. The molecule has 2 aliphatic heterocycles. The lowest BCUT2D eigenvalue weighted by Gasteiger charge is -2.21. The van der Waals surface area contributed by atoms with Gasteiger partial charge < -0.3 is 20.1 Å². The molecule has 2 fully saturated rings. The number of halogens is 2. The van der Waals surface area contributed by atoms with Gasteiger partial charge in [-0.3, -0.25) is 9.69 Å². The third-order valence-electron chi connectivity index (χ3n) is 7.76. The molecule has 0 aliphatic carbocycles. The summed E-state index contributed by atoms with van der Waals surface area (Å²) in [4.78, 5) is 20.6. The highest BCUT2D eigenvalue weighted by atomic mass is 19.1. The van der Waals surface area contributed by atoms with Crippen LogP contribution in [-0.4, -0.2) is 65.5 Å². The van der Waals surface area contributed by atoms with Crippen molar-refractivity contribution < 1.29 is 18.6 Å². The standard InChI is InChI=1S/C31H34F2N4O3/c1-20(12-32)34-13-24(11-29-30(38)31(39)36-19-35-29)27-9-8-22(10-28(27)33)5-2-21-3-6-23(7-4-21)14-37-15-25-17-40-18-26(25)16-37/h3-4,6-10,19-20,24-26,34,38H,11-18H2,1H3,(H,35,36,39)/t20?,24-,25?,26?/m1/s1. The molecular weight excluding hydrogens is 514 g/mol. The van der Waals surface area contributed by atoms with E-state index >= 15 is 4.39 Å². The van der Waals surface area contributed by atoms with Gasteiger partial charge in [0.15, 0.2) is 0 Å². The van der Waals surface area contributed by atoms with E-state index in [0.29, 0.717) is 23.0 Å². The summed E-state index contributed by atoms with van der Waals surface area (Å²) >= 11 is 0. The fourth-order valence-electron chi connectivity index (χ4n) is 5.45. The van der Waals surface area contributed by atoms with E-state index in [0.717, 1.165) is 38.4 Å². The van der Waals surface area contributed by atoms with E-state index < -0.39 is 35.8 Å². The van der Waals surface area contributed by atoms with Crippen LogP contribution in [0.25, 0.3) is 0 Å². The van der Waals surface area contributed by atoms with Crippen molar-refractivity contribution in [3.63, 3.8) is 0 Å². The van der Waals surface area contributed by atoms with Crippen LogP contribution < -0.4 is 10.9 Å². The summed E-state index contributed by atoms with van der Waals surface area (Å²) in [5.74, 6) is 6.00. The molecule has 3 aromatic rings. The zero-order valence-electron chi connectivity index (χ0n) is 22.5. The van der Waals surface area contributed by atoms with Crippen molar-refractivity contribution in [2.45, 2.75) is 31.8 Å². The van der Waals surface area contributed by atoms with Gasteiger partial charge in [-0.15, -0.1) is 0 Å². The zero-order chi connectivity index (χ0) is 28.1. The van der Waals surface area contributed by atoms with Gasteiger partial charge in [0, 0.05) is 67.5 Å². The van der Waals surface area contributed by atoms with Crippen molar-refractivity contribution in [1.82, 2.24) is 20.2 Å². The highest BCUT2D eigenvalue weighted by molar-refractivity contribution is 5.45. The van der Waals surface area contributed by atoms with Crippen molar-refractivity contribution >= 4 is 0 Å². The van der Waals surface area contributed by atoms with Crippen molar-refractivity contribution in [3.8, 4) is 17.6 Å². The Morgan fingerprint density at radius 2 is 1.85 bits per heavy atom. The Balaban J connectivity index is 1.26. The number of alkyl halides is 1. The fraction of sp³-hybridized carbons (Fsp3) is 0.419. The monoisotopic (exact) mass is 548 g/mol. The number of benzene rings is 2. The smallest absolute Gasteiger partial charge is 0.293 e. The second-order valence-corrected chi connectivity index (χ2v) is 10.8. The van der Waals surface area contributed by atoms with Crippen LogP contribution in [0, 0.1) is 29.5 Å². The number of aromatic nitrogens is 2. The molecule has 1 aromatic heterocycles. The maximum atomic E-state index is 15.3. The maximum Gasteiger partial charge on any atom is 0.293 e. The molecule has 0 amide bonds. The lowest BCUT2D eigenvalue weighted by molar-refractivity contribution is 0.153. The van der Waals surface area contributed by atoms with Gasteiger partial charge in [0.1, 0.15) is 12.5 Å². The molecule has 2 aromatic carbocycles. The van der Waals surface area contributed by atoms with Crippen molar-refractivity contribution in [1.29, 1.82) is 0 Å². The minimum Gasteiger partial charge on any atom is -0.502 e. The first-order valence-corrected chi connectivity index (χ1v) is 13.6. The number of nitrogens with one attached hydrogen (secondary N) is 2. The Kier molecular flexibility index (Phi) is 8.90. The summed E-state index contributed by atoms with van der Waals surface area (Å²) in [5, 5.41) is 13.2. The average Bonchev–Trinajstić information content (AvgIpc) is 3.55. The van der Waals surface area contributed by atoms with Gasteiger partial charge >= 0.3 is 0 Å². The molecule has 2 aliphatic rings. The van der Waals surface area contributed by atoms with Crippen LogP contribution in [-0.2, 0) is 17.7 Å². The van der Waals surface area contributed by atoms with Crippen LogP contribution in [0.2, 0.25) is 0 Å². The van der Waals surface area contributed by atoms with Gasteiger partial charge in [0.2, 0.25) is 5.75 Å². The Labute approximate surface area is 232 Å². The SMILES string of the molecule is CC(CF)NC[C@@H](Cc1nc[nH]c(=O)c1O)c1ccc(C#Cc2ccc(CN3CC4COCC4C3)cc2)cc1F. The molecule has 210 valence electrons. The average molecular weight is 549 g/mol. The minimum absolute atomic E-state index is 0.0998. The van der Waals surface area contributed by atoms with Crippen molar-refractivity contribution in [2.24, 2.45) is 11.8 Å². The number of nitrogens with zero attached hydrogens (tertiary/aromatic N) is 2. The third-order valence-corrected chi connectivity index (χ3v) is 7.76. The van der Waals surface area contributed by atoms with E-state index in [2.05, 4.69) is 44.2 Å². The summed E-state index contributed by atoms with van der Waals surface area (Å²) in [6, 6.07) is 12.5. The Morgan fingerprint density at radius 1 is 1.15 bits per heavy atom. The van der Waals surface area contributed by atoms with E-state index in [1.807, 2.05) is 12.1 Å². The lowest BCUT2D eigenvalue weighted by atomic mass is 9.92. The predicted molar refractivity (Wildman–Crippen MR) is 148 cm³/mol. The van der Waals surface area contributed by atoms with Crippen LogP contribution in [0.1, 0.15) is 40.8 Å². The molecule has 3 unspecified atom stereocenters. The zero-order valence-corrected chi connectivity index (χ0v) is 22.5. The van der Waals surface area contributed by atoms with Crippen LogP contribution in [0.4, 0.5) is 8.78 Å². The number of aromatic amines is 1. The summed E-state index contributed by atoms with van der Waals surface area (Å²) in [5.41, 5.74) is 2.46. The minimum atomic E-state index is -0.665. The molecular formula is C31H34F2N4O3. The molecule has 4 atom stereocenters. The number of H-pyrrole nitrogens is 1. The summed E-state index contributed by atoms with van der Waals surface area (Å²) in [6.07, 6.45) is 1.29. The molecule has 40 heavy (non-hydrogen) atoms. The highest BCUT2D eigenvalue weighted by Gasteiger charge is 2.36. The number of hydrogen-bond acceptors (Lipinski definition) is 6. The quantitative estimate of drug-likeness (QED) is 0.356. The first-order valence-electron chi connectivity index (χ1n) is 13.6. The van der Waals surface area contributed by atoms with Gasteiger partial charge in [0.25, 0.3) is 5.56 Å². The first-order chi connectivity index (χ1) is 19.4. The molecule has 7 nitrogen and oxygen atoms in total. The molecule has 5 rings (SSSR count). The summed E-state index contributed by atoms with van der Waals surface area (Å²) in [6.45, 7) is 6.19. The number of rotatable bonds is 9. The molecule has 0 radical (unpaired) electrons. The Bertz CT molecular complexity index is 1420. The summed E-state index contributed by atoms with van der Waals surface area (Å²) < 4.78 is 33.9. The van der Waals surface area contributed by atoms with E-state index in [4.69, 9.17) is 4.74 Å². The van der Waals surface area contributed by atoms with E-state index in [1.165, 1.54) is 18.0 Å².